The van der Waals surface area contributed by atoms with E-state index in [9.17, 15) is 4.39 Å². The highest BCUT2D eigenvalue weighted by Crippen LogP contribution is 2.57. The van der Waals surface area contributed by atoms with Crippen LogP contribution in [-0.4, -0.2) is 42.0 Å². The van der Waals surface area contributed by atoms with E-state index in [1.807, 2.05) is 10.9 Å². The van der Waals surface area contributed by atoms with Gasteiger partial charge in [-0.1, -0.05) is 12.5 Å². The van der Waals surface area contributed by atoms with Crippen molar-refractivity contribution in [2.45, 2.75) is 44.5 Å². The van der Waals surface area contributed by atoms with Crippen molar-refractivity contribution in [1.82, 2.24) is 9.78 Å². The predicted molar refractivity (Wildman–Crippen MR) is 103 cm³/mol. The lowest BCUT2D eigenvalue weighted by Gasteiger charge is -2.51. The number of hydrogen-bond donors (Lipinski definition) is 0. The molecule has 0 N–H and O–H groups in total. The van der Waals surface area contributed by atoms with Gasteiger partial charge >= 0.3 is 0 Å². The first-order valence-corrected chi connectivity index (χ1v) is 9.89. The molecule has 0 bridgehead atoms. The Hall–Kier alpha value is -2.02. The monoisotopic (exact) mass is 384 g/mol. The Labute approximate surface area is 164 Å². The van der Waals surface area contributed by atoms with Crippen LogP contribution in [0.4, 0.5) is 4.39 Å². The van der Waals surface area contributed by atoms with E-state index < -0.39 is 5.79 Å². The number of hydrogen-bond acceptors (Lipinski definition) is 4. The van der Waals surface area contributed by atoms with E-state index in [1.165, 1.54) is 23.3 Å². The zero-order valence-corrected chi connectivity index (χ0v) is 16.3. The van der Waals surface area contributed by atoms with E-state index in [4.69, 9.17) is 14.2 Å². The van der Waals surface area contributed by atoms with Crippen LogP contribution in [0.1, 0.15) is 37.4 Å². The van der Waals surface area contributed by atoms with Gasteiger partial charge in [0.05, 0.1) is 30.8 Å². The van der Waals surface area contributed by atoms with E-state index in [0.29, 0.717) is 13.2 Å². The van der Waals surface area contributed by atoms with Crippen LogP contribution in [0.15, 0.2) is 36.0 Å². The maximum atomic E-state index is 13.3. The standard InChI is InChI=1S/C22H25FN2O3/c1-21-11-15-12-24-25(18-7-5-17(23)6-8-18)20(15)10-16(21)4-3-9-22(21)27-14-19(28-22)13-26-2/h5-8,10,12,19H,3-4,9,11,13-14H2,1-2H3/t19?,21-,22?/m0/s1. The summed E-state index contributed by atoms with van der Waals surface area (Å²) in [7, 11) is 1.69. The summed E-state index contributed by atoms with van der Waals surface area (Å²) < 4.78 is 33.3. The second-order valence-electron chi connectivity index (χ2n) is 8.23. The summed E-state index contributed by atoms with van der Waals surface area (Å²) in [6.45, 7) is 3.37. The predicted octanol–water partition coefficient (Wildman–Crippen LogP) is 3.90. The van der Waals surface area contributed by atoms with Gasteiger partial charge in [0.25, 0.3) is 0 Å². The fourth-order valence-electron chi connectivity index (χ4n) is 5.06. The lowest BCUT2D eigenvalue weighted by molar-refractivity contribution is -0.244. The topological polar surface area (TPSA) is 45.5 Å². The van der Waals surface area contributed by atoms with Crippen molar-refractivity contribution in [1.29, 1.82) is 0 Å². The third kappa shape index (κ3) is 2.59. The molecule has 5 nitrogen and oxygen atoms in total. The van der Waals surface area contributed by atoms with E-state index in [-0.39, 0.29) is 17.3 Å². The summed E-state index contributed by atoms with van der Waals surface area (Å²) in [5, 5.41) is 4.59. The molecule has 2 unspecified atom stereocenters. The molecule has 1 aromatic heterocycles. The second kappa shape index (κ2) is 6.51. The lowest BCUT2D eigenvalue weighted by Crippen LogP contribution is -2.53. The van der Waals surface area contributed by atoms with Crippen molar-refractivity contribution in [3.05, 3.63) is 53.1 Å². The number of halogens is 1. The smallest absolute Gasteiger partial charge is 0.178 e. The van der Waals surface area contributed by atoms with Crippen molar-refractivity contribution in [2.24, 2.45) is 5.41 Å². The van der Waals surface area contributed by atoms with Gasteiger partial charge in [-0.2, -0.15) is 5.10 Å². The van der Waals surface area contributed by atoms with Gasteiger partial charge in [-0.05, 0) is 55.2 Å². The average molecular weight is 384 g/mol. The van der Waals surface area contributed by atoms with Gasteiger partial charge in [0.1, 0.15) is 11.9 Å². The minimum atomic E-state index is -0.601. The van der Waals surface area contributed by atoms with E-state index >= 15 is 0 Å². The SMILES string of the molecule is COCC1COC2(CCCC3=Cc4c(cnn4-c4ccc(F)cc4)C[C@@]32C)O1. The summed E-state index contributed by atoms with van der Waals surface area (Å²) in [5.74, 6) is -0.846. The normalized spacial score (nSPS) is 31.5. The quantitative estimate of drug-likeness (QED) is 0.805. The number of methoxy groups -OCH3 is 1. The molecule has 0 amide bonds. The molecular weight excluding hydrogens is 359 g/mol. The minimum Gasteiger partial charge on any atom is -0.382 e. The van der Waals surface area contributed by atoms with Gasteiger partial charge in [-0.25, -0.2) is 9.07 Å². The zero-order chi connectivity index (χ0) is 19.4. The van der Waals surface area contributed by atoms with E-state index in [1.54, 1.807) is 19.2 Å². The fraction of sp³-hybridized carbons (Fsp3) is 0.500. The van der Waals surface area contributed by atoms with Crippen molar-refractivity contribution >= 4 is 6.08 Å². The first kappa shape index (κ1) is 18.0. The molecule has 6 heteroatoms. The highest BCUT2D eigenvalue weighted by atomic mass is 19.1. The van der Waals surface area contributed by atoms with Gasteiger partial charge in [-0.3, -0.25) is 0 Å². The van der Waals surface area contributed by atoms with Gasteiger partial charge in [0.2, 0.25) is 0 Å². The molecule has 1 spiro atoms. The van der Waals surface area contributed by atoms with Crippen LogP contribution in [0.2, 0.25) is 0 Å². The minimum absolute atomic E-state index is 0.0236. The summed E-state index contributed by atoms with van der Waals surface area (Å²) in [4.78, 5) is 0. The molecule has 2 heterocycles. The Morgan fingerprint density at radius 3 is 2.93 bits per heavy atom. The largest absolute Gasteiger partial charge is 0.382 e. The molecule has 28 heavy (non-hydrogen) atoms. The highest BCUT2D eigenvalue weighted by molar-refractivity contribution is 5.61. The summed E-state index contributed by atoms with van der Waals surface area (Å²) in [5.41, 5.74) is 4.22. The number of aromatic nitrogens is 2. The Balaban J connectivity index is 1.53. The molecule has 3 aliphatic rings. The van der Waals surface area contributed by atoms with Gasteiger partial charge in [0.15, 0.2) is 5.79 Å². The number of benzene rings is 1. The molecule has 1 aromatic carbocycles. The molecule has 2 aliphatic carbocycles. The third-order valence-corrected chi connectivity index (χ3v) is 6.53. The molecular formula is C22H25FN2O3. The van der Waals surface area contributed by atoms with Crippen LogP contribution < -0.4 is 0 Å². The van der Waals surface area contributed by atoms with Crippen molar-refractivity contribution in [3.8, 4) is 5.69 Å². The van der Waals surface area contributed by atoms with Crippen molar-refractivity contribution in [3.63, 3.8) is 0 Å². The Morgan fingerprint density at radius 2 is 2.14 bits per heavy atom. The first-order valence-electron chi connectivity index (χ1n) is 9.89. The van der Waals surface area contributed by atoms with Crippen LogP contribution >= 0.6 is 0 Å². The van der Waals surface area contributed by atoms with Gasteiger partial charge < -0.3 is 14.2 Å². The molecule has 2 aromatic rings. The van der Waals surface area contributed by atoms with Crippen LogP contribution in [-0.2, 0) is 20.6 Å². The van der Waals surface area contributed by atoms with Crippen LogP contribution in [0.3, 0.4) is 0 Å². The van der Waals surface area contributed by atoms with Crippen molar-refractivity contribution in [2.75, 3.05) is 20.3 Å². The number of ether oxygens (including phenoxy) is 3. The van der Waals surface area contributed by atoms with E-state index in [0.717, 1.165) is 37.1 Å². The summed E-state index contributed by atoms with van der Waals surface area (Å²) >= 11 is 0. The maximum absolute atomic E-state index is 13.3. The molecule has 0 radical (unpaired) electrons. The van der Waals surface area contributed by atoms with Crippen LogP contribution in [0.5, 0.6) is 0 Å². The molecule has 2 fully saturated rings. The number of fused-ring (bicyclic) bond motifs is 3. The molecule has 1 aliphatic heterocycles. The lowest BCUT2D eigenvalue weighted by atomic mass is 9.62. The van der Waals surface area contributed by atoms with E-state index in [2.05, 4.69) is 18.1 Å². The van der Waals surface area contributed by atoms with Gasteiger partial charge in [-0.15, -0.1) is 0 Å². The molecule has 1 saturated heterocycles. The second-order valence-corrected chi connectivity index (χ2v) is 8.23. The Kier molecular flexibility index (Phi) is 4.19. The van der Waals surface area contributed by atoms with Crippen LogP contribution in [0, 0.1) is 11.2 Å². The highest BCUT2D eigenvalue weighted by Gasteiger charge is 2.59. The first-order chi connectivity index (χ1) is 13.5. The van der Waals surface area contributed by atoms with Crippen LogP contribution in [0.25, 0.3) is 11.8 Å². The molecule has 1 saturated carbocycles. The Morgan fingerprint density at radius 1 is 1.32 bits per heavy atom. The molecule has 5 rings (SSSR count). The average Bonchev–Trinajstić information content (AvgIpc) is 3.27. The summed E-state index contributed by atoms with van der Waals surface area (Å²) in [6, 6.07) is 6.45. The van der Waals surface area contributed by atoms with Gasteiger partial charge in [0, 0.05) is 18.9 Å². The third-order valence-electron chi connectivity index (χ3n) is 6.53. The number of nitrogens with zero attached hydrogens (tertiary/aromatic N) is 2. The molecule has 3 atom stereocenters. The zero-order valence-electron chi connectivity index (χ0n) is 16.3. The summed E-state index contributed by atoms with van der Waals surface area (Å²) in [6.07, 6.45) is 7.89. The van der Waals surface area contributed by atoms with Crippen molar-refractivity contribution < 1.29 is 18.6 Å². The Bertz CT molecular complexity index is 922. The number of rotatable bonds is 3. The maximum Gasteiger partial charge on any atom is 0.178 e. The molecule has 148 valence electrons. The fourth-order valence-corrected chi connectivity index (χ4v) is 5.06.